The van der Waals surface area contributed by atoms with Gasteiger partial charge in [0.1, 0.15) is 0 Å². The van der Waals surface area contributed by atoms with E-state index < -0.39 is 0 Å². The van der Waals surface area contributed by atoms with Crippen LogP contribution in [0.1, 0.15) is 19.4 Å². The van der Waals surface area contributed by atoms with Crippen LogP contribution in [-0.2, 0) is 0 Å². The molecule has 2 rings (SSSR count). The Morgan fingerprint density at radius 1 is 1.37 bits per heavy atom. The first-order chi connectivity index (χ1) is 8.94. The van der Waals surface area contributed by atoms with Crippen molar-refractivity contribution in [2.75, 3.05) is 38.6 Å². The SMILES string of the molecule is CNCC1CN(c2cccc(C)c2)CC(C)(C)N1C. The molecule has 1 aliphatic heterocycles. The Bertz CT molecular complexity index is 428. The van der Waals surface area contributed by atoms with E-state index in [1.54, 1.807) is 0 Å². The van der Waals surface area contributed by atoms with Crippen LogP contribution in [0, 0.1) is 6.92 Å². The van der Waals surface area contributed by atoms with Crippen LogP contribution >= 0.6 is 0 Å². The van der Waals surface area contributed by atoms with Crippen LogP contribution in [0.25, 0.3) is 0 Å². The van der Waals surface area contributed by atoms with E-state index in [0.29, 0.717) is 6.04 Å². The summed E-state index contributed by atoms with van der Waals surface area (Å²) in [5, 5.41) is 3.32. The molecule has 1 atom stereocenters. The first kappa shape index (κ1) is 14.4. The summed E-state index contributed by atoms with van der Waals surface area (Å²) in [5.41, 5.74) is 2.88. The zero-order valence-electron chi connectivity index (χ0n) is 12.9. The van der Waals surface area contributed by atoms with Crippen molar-refractivity contribution >= 4 is 5.69 Å². The molecule has 0 radical (unpaired) electrons. The second kappa shape index (κ2) is 5.51. The monoisotopic (exact) mass is 261 g/mol. The minimum atomic E-state index is 0.198. The number of benzene rings is 1. The lowest BCUT2D eigenvalue weighted by atomic mass is 9.95. The van der Waals surface area contributed by atoms with E-state index in [4.69, 9.17) is 0 Å². The Hall–Kier alpha value is -1.06. The number of nitrogens with one attached hydrogen (secondary N) is 1. The highest BCUT2D eigenvalue weighted by molar-refractivity contribution is 5.49. The number of likely N-dealkylation sites (N-methyl/N-ethyl adjacent to an activating group) is 2. The van der Waals surface area contributed by atoms with Gasteiger partial charge in [-0.2, -0.15) is 0 Å². The number of piperazine rings is 1. The smallest absolute Gasteiger partial charge is 0.0398 e. The van der Waals surface area contributed by atoms with Crippen LogP contribution < -0.4 is 10.2 Å². The summed E-state index contributed by atoms with van der Waals surface area (Å²) in [6.07, 6.45) is 0. The first-order valence-corrected chi connectivity index (χ1v) is 7.13. The standard InChI is InChI=1S/C16H27N3/c1-13-7-6-8-14(9-13)19-11-15(10-17-4)18(5)16(2,3)12-19/h6-9,15,17H,10-12H2,1-5H3. The van der Waals surface area contributed by atoms with E-state index in [1.165, 1.54) is 11.3 Å². The highest BCUT2D eigenvalue weighted by Crippen LogP contribution is 2.27. The van der Waals surface area contributed by atoms with Gasteiger partial charge in [0, 0.05) is 36.9 Å². The molecule has 1 saturated heterocycles. The third kappa shape index (κ3) is 3.10. The van der Waals surface area contributed by atoms with Gasteiger partial charge in [0.2, 0.25) is 0 Å². The number of rotatable bonds is 3. The maximum Gasteiger partial charge on any atom is 0.0398 e. The second-order valence-electron chi connectivity index (χ2n) is 6.35. The fourth-order valence-corrected chi connectivity index (χ4v) is 2.97. The van der Waals surface area contributed by atoms with Crippen LogP contribution in [0.5, 0.6) is 0 Å². The second-order valence-corrected chi connectivity index (χ2v) is 6.35. The van der Waals surface area contributed by atoms with Crippen molar-refractivity contribution in [1.29, 1.82) is 0 Å². The molecule has 3 heteroatoms. The number of hydrogen-bond donors (Lipinski definition) is 1. The van der Waals surface area contributed by atoms with Crippen molar-refractivity contribution in [3.63, 3.8) is 0 Å². The molecule has 0 amide bonds. The molecule has 106 valence electrons. The van der Waals surface area contributed by atoms with Crippen LogP contribution in [-0.4, -0.2) is 50.2 Å². The quantitative estimate of drug-likeness (QED) is 0.899. The Labute approximate surface area is 117 Å². The van der Waals surface area contributed by atoms with E-state index in [0.717, 1.165) is 19.6 Å². The molecular formula is C16H27N3. The Kier molecular flexibility index (Phi) is 4.16. The van der Waals surface area contributed by atoms with E-state index in [9.17, 15) is 0 Å². The molecule has 19 heavy (non-hydrogen) atoms. The Morgan fingerprint density at radius 3 is 2.74 bits per heavy atom. The van der Waals surface area contributed by atoms with Gasteiger partial charge in [-0.3, -0.25) is 4.90 Å². The van der Waals surface area contributed by atoms with Crippen molar-refractivity contribution in [1.82, 2.24) is 10.2 Å². The van der Waals surface area contributed by atoms with Gasteiger partial charge in [-0.15, -0.1) is 0 Å². The van der Waals surface area contributed by atoms with Gasteiger partial charge in [-0.05, 0) is 52.6 Å². The highest BCUT2D eigenvalue weighted by atomic mass is 15.3. The van der Waals surface area contributed by atoms with Crippen LogP contribution in [0.15, 0.2) is 24.3 Å². The minimum Gasteiger partial charge on any atom is -0.368 e. The van der Waals surface area contributed by atoms with Crippen LogP contribution in [0.4, 0.5) is 5.69 Å². The molecule has 0 saturated carbocycles. The lowest BCUT2D eigenvalue weighted by Crippen LogP contribution is -2.64. The van der Waals surface area contributed by atoms with Gasteiger partial charge in [-0.25, -0.2) is 0 Å². The summed E-state index contributed by atoms with van der Waals surface area (Å²) in [6.45, 7) is 10.0. The molecule has 1 heterocycles. The van der Waals surface area contributed by atoms with Crippen molar-refractivity contribution in [3.05, 3.63) is 29.8 Å². The molecule has 0 bridgehead atoms. The molecule has 0 spiro atoms. The fourth-order valence-electron chi connectivity index (χ4n) is 2.97. The lowest BCUT2D eigenvalue weighted by Gasteiger charge is -2.51. The summed E-state index contributed by atoms with van der Waals surface area (Å²) in [6, 6.07) is 9.39. The van der Waals surface area contributed by atoms with Gasteiger partial charge in [0.05, 0.1) is 0 Å². The topological polar surface area (TPSA) is 18.5 Å². The predicted molar refractivity (Wildman–Crippen MR) is 82.9 cm³/mol. The van der Waals surface area contributed by atoms with E-state index in [-0.39, 0.29) is 5.54 Å². The van der Waals surface area contributed by atoms with Gasteiger partial charge < -0.3 is 10.2 Å². The number of nitrogens with zero attached hydrogens (tertiary/aromatic N) is 2. The third-order valence-electron chi connectivity index (χ3n) is 4.32. The molecular weight excluding hydrogens is 234 g/mol. The summed E-state index contributed by atoms with van der Waals surface area (Å²) < 4.78 is 0. The maximum atomic E-state index is 3.32. The van der Waals surface area contributed by atoms with Gasteiger partial charge >= 0.3 is 0 Å². The third-order valence-corrected chi connectivity index (χ3v) is 4.32. The van der Waals surface area contributed by atoms with Gasteiger partial charge in [-0.1, -0.05) is 12.1 Å². The molecule has 1 aliphatic rings. The molecule has 0 aromatic heterocycles. The summed E-state index contributed by atoms with van der Waals surface area (Å²) in [7, 11) is 4.28. The number of aryl methyl sites for hydroxylation is 1. The highest BCUT2D eigenvalue weighted by Gasteiger charge is 2.37. The van der Waals surface area contributed by atoms with Gasteiger partial charge in [0.15, 0.2) is 0 Å². The maximum absolute atomic E-state index is 3.32. The zero-order valence-corrected chi connectivity index (χ0v) is 12.9. The van der Waals surface area contributed by atoms with Crippen molar-refractivity contribution in [2.45, 2.75) is 32.4 Å². The molecule has 1 fully saturated rings. The van der Waals surface area contributed by atoms with Crippen LogP contribution in [0.3, 0.4) is 0 Å². The molecule has 1 aromatic carbocycles. The lowest BCUT2D eigenvalue weighted by molar-refractivity contribution is 0.0809. The molecule has 0 aliphatic carbocycles. The fraction of sp³-hybridized carbons (Fsp3) is 0.625. The Morgan fingerprint density at radius 2 is 2.11 bits per heavy atom. The number of hydrogen-bond acceptors (Lipinski definition) is 3. The number of anilines is 1. The molecule has 1 N–H and O–H groups in total. The molecule has 1 aromatic rings. The first-order valence-electron chi connectivity index (χ1n) is 7.13. The van der Waals surface area contributed by atoms with E-state index in [2.05, 4.69) is 67.2 Å². The summed E-state index contributed by atoms with van der Waals surface area (Å²) in [4.78, 5) is 5.03. The predicted octanol–water partition coefficient (Wildman–Crippen LogP) is 2.11. The average molecular weight is 261 g/mol. The van der Waals surface area contributed by atoms with Crippen molar-refractivity contribution < 1.29 is 0 Å². The average Bonchev–Trinajstić information content (AvgIpc) is 2.35. The van der Waals surface area contributed by atoms with Crippen molar-refractivity contribution in [3.8, 4) is 0 Å². The van der Waals surface area contributed by atoms with Crippen LogP contribution in [0.2, 0.25) is 0 Å². The molecule has 1 unspecified atom stereocenters. The zero-order chi connectivity index (χ0) is 14.0. The Balaban J connectivity index is 2.22. The minimum absolute atomic E-state index is 0.198. The van der Waals surface area contributed by atoms with Gasteiger partial charge in [0.25, 0.3) is 0 Å². The summed E-state index contributed by atoms with van der Waals surface area (Å²) in [5.74, 6) is 0. The van der Waals surface area contributed by atoms with E-state index >= 15 is 0 Å². The summed E-state index contributed by atoms with van der Waals surface area (Å²) >= 11 is 0. The largest absolute Gasteiger partial charge is 0.368 e. The normalized spacial score (nSPS) is 23.6. The molecule has 3 nitrogen and oxygen atoms in total. The van der Waals surface area contributed by atoms with E-state index in [1.807, 2.05) is 7.05 Å². The van der Waals surface area contributed by atoms with Crippen molar-refractivity contribution in [2.24, 2.45) is 0 Å².